The molecule has 1 aromatic heterocycles. The largest absolute Gasteiger partial charge is 0.353 e. The Bertz CT molecular complexity index is 947. The summed E-state index contributed by atoms with van der Waals surface area (Å²) >= 11 is 0. The van der Waals surface area contributed by atoms with Crippen LogP contribution in [-0.4, -0.2) is 70.2 Å². The van der Waals surface area contributed by atoms with Gasteiger partial charge < -0.3 is 10.2 Å². The highest BCUT2D eigenvalue weighted by molar-refractivity contribution is 5.83. The summed E-state index contributed by atoms with van der Waals surface area (Å²) in [6.45, 7) is 8.48. The predicted octanol–water partition coefficient (Wildman–Crippen LogP) is 0.764. The zero-order valence-electron chi connectivity index (χ0n) is 17.4. The van der Waals surface area contributed by atoms with E-state index in [-0.39, 0.29) is 30.0 Å². The number of hydrogen-bond acceptors (Lipinski definition) is 5. The van der Waals surface area contributed by atoms with Gasteiger partial charge in [0.15, 0.2) is 0 Å². The molecule has 1 aromatic carbocycles. The van der Waals surface area contributed by atoms with E-state index in [2.05, 4.69) is 10.4 Å². The Morgan fingerprint density at radius 1 is 1.10 bits per heavy atom. The number of nitrogens with zero attached hydrogens (tertiary/aromatic N) is 4. The number of aryl methyl sites for hydroxylation is 1. The van der Waals surface area contributed by atoms with Crippen LogP contribution >= 0.6 is 0 Å². The van der Waals surface area contributed by atoms with Crippen LogP contribution in [0.2, 0.25) is 0 Å². The first-order valence-electron chi connectivity index (χ1n) is 10.1. The van der Waals surface area contributed by atoms with Crippen LogP contribution in [0.4, 0.5) is 0 Å². The Balaban J connectivity index is 1.58. The van der Waals surface area contributed by atoms with Crippen molar-refractivity contribution in [1.29, 1.82) is 0 Å². The number of piperazine rings is 1. The van der Waals surface area contributed by atoms with E-state index in [0.29, 0.717) is 38.1 Å². The Labute approximate surface area is 170 Å². The van der Waals surface area contributed by atoms with E-state index in [1.54, 1.807) is 11.0 Å². The SMILES string of the molecule is CCC(C)NC(=O)CN1CCN(C(=O)Cn2nc(C)c3ccccc3c2=O)CC1. The average Bonchev–Trinajstić information content (AvgIpc) is 2.72. The van der Waals surface area contributed by atoms with Crippen LogP contribution in [0.25, 0.3) is 10.8 Å². The van der Waals surface area contributed by atoms with Gasteiger partial charge in [0.25, 0.3) is 5.56 Å². The van der Waals surface area contributed by atoms with Crippen molar-refractivity contribution in [3.63, 3.8) is 0 Å². The van der Waals surface area contributed by atoms with Crippen LogP contribution in [0.5, 0.6) is 0 Å². The molecular weight excluding hydrogens is 370 g/mol. The van der Waals surface area contributed by atoms with Crippen LogP contribution in [0, 0.1) is 6.92 Å². The zero-order chi connectivity index (χ0) is 21.0. The molecule has 2 aromatic rings. The topological polar surface area (TPSA) is 87.5 Å². The lowest BCUT2D eigenvalue weighted by molar-refractivity contribution is -0.134. The van der Waals surface area contributed by atoms with Crippen LogP contribution in [-0.2, 0) is 16.1 Å². The Morgan fingerprint density at radius 3 is 2.41 bits per heavy atom. The zero-order valence-corrected chi connectivity index (χ0v) is 17.4. The number of hydrogen-bond donors (Lipinski definition) is 1. The molecule has 8 nitrogen and oxygen atoms in total. The normalized spacial score (nSPS) is 16.0. The Hall–Kier alpha value is -2.74. The van der Waals surface area contributed by atoms with Crippen LogP contribution in [0.15, 0.2) is 29.1 Å². The second-order valence-corrected chi connectivity index (χ2v) is 7.63. The van der Waals surface area contributed by atoms with Crippen LogP contribution in [0.1, 0.15) is 26.0 Å². The third kappa shape index (κ3) is 5.00. The Morgan fingerprint density at radius 2 is 1.76 bits per heavy atom. The third-order valence-electron chi connectivity index (χ3n) is 5.45. The lowest BCUT2D eigenvalue weighted by atomic mass is 10.1. The molecular formula is C21H29N5O3. The summed E-state index contributed by atoms with van der Waals surface area (Å²) in [6, 6.07) is 7.47. The van der Waals surface area contributed by atoms with Crippen molar-refractivity contribution in [3.05, 3.63) is 40.3 Å². The molecule has 8 heteroatoms. The van der Waals surface area contributed by atoms with Gasteiger partial charge in [0.1, 0.15) is 6.54 Å². The van der Waals surface area contributed by atoms with E-state index in [1.807, 2.05) is 43.9 Å². The van der Waals surface area contributed by atoms with E-state index in [4.69, 9.17) is 0 Å². The number of carbonyl (C=O) groups is 2. The minimum atomic E-state index is -0.250. The molecule has 156 valence electrons. The van der Waals surface area contributed by atoms with Gasteiger partial charge in [-0.05, 0) is 26.3 Å². The Kier molecular flexibility index (Phi) is 6.64. The van der Waals surface area contributed by atoms with E-state index in [9.17, 15) is 14.4 Å². The van der Waals surface area contributed by atoms with Gasteiger partial charge in [0.2, 0.25) is 11.8 Å². The number of fused-ring (bicyclic) bond motifs is 1. The highest BCUT2D eigenvalue weighted by Gasteiger charge is 2.23. The summed E-state index contributed by atoms with van der Waals surface area (Å²) in [5.74, 6) is -0.112. The molecule has 1 saturated heterocycles. The molecule has 2 amide bonds. The van der Waals surface area contributed by atoms with Crippen LogP contribution < -0.4 is 10.9 Å². The molecule has 3 rings (SSSR count). The van der Waals surface area contributed by atoms with E-state index in [0.717, 1.165) is 17.5 Å². The van der Waals surface area contributed by atoms with Crippen molar-refractivity contribution in [3.8, 4) is 0 Å². The first-order chi connectivity index (χ1) is 13.9. The van der Waals surface area contributed by atoms with Crippen molar-refractivity contribution >= 4 is 22.6 Å². The average molecular weight is 399 g/mol. The minimum Gasteiger partial charge on any atom is -0.353 e. The van der Waals surface area contributed by atoms with Gasteiger partial charge in [-0.25, -0.2) is 4.68 Å². The van der Waals surface area contributed by atoms with Gasteiger partial charge in [-0.1, -0.05) is 25.1 Å². The van der Waals surface area contributed by atoms with Gasteiger partial charge >= 0.3 is 0 Å². The summed E-state index contributed by atoms with van der Waals surface area (Å²) in [4.78, 5) is 41.2. The maximum Gasteiger partial charge on any atom is 0.275 e. The molecule has 1 atom stereocenters. The molecule has 0 aliphatic carbocycles. The molecule has 0 bridgehead atoms. The molecule has 1 unspecified atom stereocenters. The van der Waals surface area contributed by atoms with Gasteiger partial charge in [-0.2, -0.15) is 5.10 Å². The van der Waals surface area contributed by atoms with E-state index in [1.165, 1.54) is 4.68 Å². The molecule has 0 saturated carbocycles. The molecule has 2 heterocycles. The van der Waals surface area contributed by atoms with Crippen molar-refractivity contribution in [2.45, 2.75) is 39.8 Å². The van der Waals surface area contributed by atoms with Crippen LogP contribution in [0.3, 0.4) is 0 Å². The highest BCUT2D eigenvalue weighted by atomic mass is 16.2. The number of amides is 2. The van der Waals surface area contributed by atoms with Gasteiger partial charge in [-0.3, -0.25) is 19.3 Å². The summed E-state index contributed by atoms with van der Waals surface area (Å²) < 4.78 is 1.26. The summed E-state index contributed by atoms with van der Waals surface area (Å²) in [5.41, 5.74) is 0.477. The first-order valence-corrected chi connectivity index (χ1v) is 10.1. The maximum atomic E-state index is 12.7. The standard InChI is InChI=1S/C21H29N5O3/c1-4-15(2)22-19(27)13-24-9-11-25(12-10-24)20(28)14-26-21(29)18-8-6-5-7-17(18)16(3)23-26/h5-8,15H,4,9-14H2,1-3H3,(H,22,27). The molecule has 1 aliphatic heterocycles. The number of benzene rings is 1. The molecule has 1 N–H and O–H groups in total. The van der Waals surface area contributed by atoms with Gasteiger partial charge in [0, 0.05) is 37.6 Å². The van der Waals surface area contributed by atoms with Crippen molar-refractivity contribution in [2.75, 3.05) is 32.7 Å². The van der Waals surface area contributed by atoms with Crippen molar-refractivity contribution in [1.82, 2.24) is 24.9 Å². The fourth-order valence-corrected chi connectivity index (χ4v) is 3.52. The molecule has 0 radical (unpaired) electrons. The van der Waals surface area contributed by atoms with Crippen molar-refractivity contribution < 1.29 is 9.59 Å². The smallest absolute Gasteiger partial charge is 0.275 e. The second kappa shape index (κ2) is 9.17. The molecule has 1 fully saturated rings. The number of carbonyl (C=O) groups excluding carboxylic acids is 2. The quantitative estimate of drug-likeness (QED) is 0.775. The lowest BCUT2D eigenvalue weighted by Gasteiger charge is -2.34. The molecule has 1 aliphatic rings. The van der Waals surface area contributed by atoms with Gasteiger partial charge in [0.05, 0.1) is 17.6 Å². The molecule has 0 spiro atoms. The number of nitrogens with one attached hydrogen (secondary N) is 1. The van der Waals surface area contributed by atoms with Crippen molar-refractivity contribution in [2.24, 2.45) is 0 Å². The third-order valence-corrected chi connectivity index (χ3v) is 5.45. The number of aromatic nitrogens is 2. The summed E-state index contributed by atoms with van der Waals surface area (Å²) in [5, 5.41) is 8.67. The summed E-state index contributed by atoms with van der Waals surface area (Å²) in [6.07, 6.45) is 0.898. The van der Waals surface area contributed by atoms with E-state index < -0.39 is 0 Å². The fourth-order valence-electron chi connectivity index (χ4n) is 3.52. The monoisotopic (exact) mass is 399 g/mol. The lowest BCUT2D eigenvalue weighted by Crippen LogP contribution is -2.52. The number of rotatable bonds is 6. The predicted molar refractivity (Wildman–Crippen MR) is 112 cm³/mol. The van der Waals surface area contributed by atoms with E-state index >= 15 is 0 Å². The first kappa shape index (κ1) is 21.0. The highest BCUT2D eigenvalue weighted by Crippen LogP contribution is 2.12. The second-order valence-electron chi connectivity index (χ2n) is 7.63. The fraction of sp³-hybridized carbons (Fsp3) is 0.524. The maximum absolute atomic E-state index is 12.7. The molecule has 29 heavy (non-hydrogen) atoms. The van der Waals surface area contributed by atoms with Gasteiger partial charge in [-0.15, -0.1) is 0 Å². The summed E-state index contributed by atoms with van der Waals surface area (Å²) in [7, 11) is 0. The minimum absolute atomic E-state index is 0.0153.